The van der Waals surface area contributed by atoms with Crippen molar-refractivity contribution < 1.29 is 14.5 Å². The van der Waals surface area contributed by atoms with E-state index in [1.54, 1.807) is 24.2 Å². The number of nitro benzene ring substituents is 1. The summed E-state index contributed by atoms with van der Waals surface area (Å²) < 4.78 is 1.37. The number of amides is 2. The molecule has 2 amide bonds. The summed E-state index contributed by atoms with van der Waals surface area (Å²) in [5.74, 6) is -0.535. The molecule has 0 spiro atoms. The van der Waals surface area contributed by atoms with Crippen molar-refractivity contribution in [3.05, 3.63) is 73.1 Å². The molecule has 2 heterocycles. The number of aromatic nitrogens is 1. The molecule has 1 N–H and O–H groups in total. The van der Waals surface area contributed by atoms with Crippen LogP contribution in [0.2, 0.25) is 5.02 Å². The molecule has 0 radical (unpaired) electrons. The van der Waals surface area contributed by atoms with E-state index >= 15 is 0 Å². The summed E-state index contributed by atoms with van der Waals surface area (Å²) in [5, 5.41) is 13.7. The van der Waals surface area contributed by atoms with E-state index in [1.807, 2.05) is 0 Å². The van der Waals surface area contributed by atoms with Gasteiger partial charge in [0.2, 0.25) is 0 Å². The lowest BCUT2D eigenvalue weighted by Crippen LogP contribution is -2.43. The average Bonchev–Trinajstić information content (AvgIpc) is 2.74. The Labute approximate surface area is 177 Å². The molecule has 0 saturated carbocycles. The second-order valence-corrected chi connectivity index (χ2v) is 7.61. The largest absolute Gasteiger partial charge is 0.352 e. The maximum absolute atomic E-state index is 12.6. The third-order valence-corrected chi connectivity index (χ3v) is 5.53. The molecule has 1 fully saturated rings. The van der Waals surface area contributed by atoms with Crippen molar-refractivity contribution in [2.75, 3.05) is 19.6 Å². The lowest BCUT2D eigenvalue weighted by molar-refractivity contribution is -0.384. The van der Waals surface area contributed by atoms with Crippen LogP contribution in [0.3, 0.4) is 0 Å². The molecule has 1 aliphatic rings. The zero-order chi connectivity index (χ0) is 21.8. The van der Waals surface area contributed by atoms with E-state index in [9.17, 15) is 24.5 Å². The Morgan fingerprint density at radius 2 is 1.97 bits per heavy atom. The van der Waals surface area contributed by atoms with Crippen LogP contribution in [0, 0.1) is 16.0 Å². The SMILES string of the molecule is Cn1cccc(C(=O)N2CCC(CNC(=O)c3ccc(Cl)c([N+](=O)[O-])c3)CC2)c1=O. The van der Waals surface area contributed by atoms with Gasteiger partial charge in [0, 0.05) is 44.5 Å². The number of aryl methyl sites for hydroxylation is 1. The summed E-state index contributed by atoms with van der Waals surface area (Å²) in [4.78, 5) is 49.1. The number of nitrogens with one attached hydrogen (secondary N) is 1. The summed E-state index contributed by atoms with van der Waals surface area (Å²) in [7, 11) is 1.60. The fourth-order valence-corrected chi connectivity index (χ4v) is 3.59. The number of halogens is 1. The van der Waals surface area contributed by atoms with Crippen LogP contribution in [0.4, 0.5) is 5.69 Å². The summed E-state index contributed by atoms with van der Waals surface area (Å²) in [5.41, 5.74) is -0.327. The molecule has 0 atom stereocenters. The van der Waals surface area contributed by atoms with Gasteiger partial charge in [-0.15, -0.1) is 0 Å². The first-order valence-electron chi connectivity index (χ1n) is 9.45. The minimum Gasteiger partial charge on any atom is -0.352 e. The lowest BCUT2D eigenvalue weighted by atomic mass is 9.96. The maximum atomic E-state index is 12.6. The van der Waals surface area contributed by atoms with Crippen molar-refractivity contribution in [2.24, 2.45) is 13.0 Å². The number of piperidine rings is 1. The van der Waals surface area contributed by atoms with Gasteiger partial charge in [0.15, 0.2) is 0 Å². The molecular formula is C20H21ClN4O5. The monoisotopic (exact) mass is 432 g/mol. The van der Waals surface area contributed by atoms with E-state index < -0.39 is 10.8 Å². The van der Waals surface area contributed by atoms with E-state index in [0.717, 1.165) is 6.07 Å². The second-order valence-electron chi connectivity index (χ2n) is 7.21. The number of pyridine rings is 1. The molecular weight excluding hydrogens is 412 g/mol. The fourth-order valence-electron chi connectivity index (χ4n) is 3.40. The second kappa shape index (κ2) is 9.08. The molecule has 9 nitrogen and oxygen atoms in total. The number of nitrogens with zero attached hydrogens (tertiary/aromatic N) is 3. The number of hydrogen-bond acceptors (Lipinski definition) is 5. The van der Waals surface area contributed by atoms with Gasteiger partial charge < -0.3 is 14.8 Å². The van der Waals surface area contributed by atoms with Gasteiger partial charge in [0.25, 0.3) is 23.1 Å². The van der Waals surface area contributed by atoms with Gasteiger partial charge >= 0.3 is 0 Å². The first-order chi connectivity index (χ1) is 14.3. The van der Waals surface area contributed by atoms with Crippen LogP contribution in [0.5, 0.6) is 0 Å². The Morgan fingerprint density at radius 1 is 1.27 bits per heavy atom. The van der Waals surface area contributed by atoms with Crippen molar-refractivity contribution >= 4 is 29.1 Å². The van der Waals surface area contributed by atoms with E-state index in [4.69, 9.17) is 11.6 Å². The Balaban J connectivity index is 1.54. The molecule has 1 aromatic carbocycles. The molecule has 1 aliphatic heterocycles. The van der Waals surface area contributed by atoms with Gasteiger partial charge in [-0.3, -0.25) is 24.5 Å². The van der Waals surface area contributed by atoms with Crippen LogP contribution < -0.4 is 10.9 Å². The highest BCUT2D eigenvalue weighted by Gasteiger charge is 2.26. The topological polar surface area (TPSA) is 115 Å². The first kappa shape index (κ1) is 21.5. The number of likely N-dealkylation sites (tertiary alicyclic amines) is 1. The van der Waals surface area contributed by atoms with Gasteiger partial charge in [-0.05, 0) is 43.0 Å². The van der Waals surface area contributed by atoms with Crippen LogP contribution in [-0.2, 0) is 7.05 Å². The molecule has 30 heavy (non-hydrogen) atoms. The minimum atomic E-state index is -0.633. The van der Waals surface area contributed by atoms with Crippen molar-refractivity contribution in [2.45, 2.75) is 12.8 Å². The third kappa shape index (κ3) is 4.68. The van der Waals surface area contributed by atoms with Gasteiger partial charge in [0.05, 0.1) is 4.92 Å². The molecule has 1 saturated heterocycles. The standard InChI is InChI=1S/C20H21ClN4O5/c1-23-8-2-3-15(19(23)27)20(28)24-9-6-13(7-10-24)12-22-18(26)14-4-5-16(21)17(11-14)25(29)30/h2-5,8,11,13H,6-7,9-10,12H2,1H3,(H,22,26). The van der Waals surface area contributed by atoms with Crippen LogP contribution in [-0.4, -0.2) is 45.8 Å². The highest BCUT2D eigenvalue weighted by Crippen LogP contribution is 2.25. The zero-order valence-corrected chi connectivity index (χ0v) is 17.1. The molecule has 158 valence electrons. The number of nitro groups is 1. The maximum Gasteiger partial charge on any atom is 0.288 e. The number of carbonyl (C=O) groups is 2. The summed E-state index contributed by atoms with van der Waals surface area (Å²) >= 11 is 5.77. The van der Waals surface area contributed by atoms with Crippen LogP contribution >= 0.6 is 11.6 Å². The van der Waals surface area contributed by atoms with E-state index in [0.29, 0.717) is 32.5 Å². The first-order valence-corrected chi connectivity index (χ1v) is 9.82. The highest BCUT2D eigenvalue weighted by atomic mass is 35.5. The number of benzene rings is 1. The van der Waals surface area contributed by atoms with E-state index in [1.165, 1.54) is 22.8 Å². The molecule has 1 aromatic heterocycles. The van der Waals surface area contributed by atoms with Crippen LogP contribution in [0.25, 0.3) is 0 Å². The fraction of sp³-hybridized carbons (Fsp3) is 0.350. The number of hydrogen-bond donors (Lipinski definition) is 1. The Kier molecular flexibility index (Phi) is 6.51. The van der Waals surface area contributed by atoms with Gasteiger partial charge in [-0.1, -0.05) is 11.6 Å². The molecule has 3 rings (SSSR count). The minimum absolute atomic E-state index is 0.0261. The average molecular weight is 433 g/mol. The zero-order valence-electron chi connectivity index (χ0n) is 16.3. The van der Waals surface area contributed by atoms with Crippen LogP contribution in [0.1, 0.15) is 33.6 Å². The predicted molar refractivity (Wildman–Crippen MR) is 111 cm³/mol. The number of rotatable bonds is 5. The Hall–Kier alpha value is -3.20. The normalized spacial score (nSPS) is 14.4. The molecule has 0 bridgehead atoms. The third-order valence-electron chi connectivity index (χ3n) is 5.21. The number of carbonyl (C=O) groups excluding carboxylic acids is 2. The van der Waals surface area contributed by atoms with Crippen molar-refractivity contribution in [1.82, 2.24) is 14.8 Å². The molecule has 0 unspecified atom stereocenters. The van der Waals surface area contributed by atoms with Crippen molar-refractivity contribution in [1.29, 1.82) is 0 Å². The van der Waals surface area contributed by atoms with Crippen molar-refractivity contribution in [3.8, 4) is 0 Å². The van der Waals surface area contributed by atoms with E-state index in [2.05, 4.69) is 5.32 Å². The summed E-state index contributed by atoms with van der Waals surface area (Å²) in [6.07, 6.45) is 2.96. The molecule has 2 aromatic rings. The quantitative estimate of drug-likeness (QED) is 0.574. The van der Waals surface area contributed by atoms with Crippen molar-refractivity contribution in [3.63, 3.8) is 0 Å². The molecule has 0 aliphatic carbocycles. The van der Waals surface area contributed by atoms with Gasteiger partial charge in [-0.25, -0.2) is 0 Å². The smallest absolute Gasteiger partial charge is 0.288 e. The van der Waals surface area contributed by atoms with Gasteiger partial charge in [-0.2, -0.15) is 0 Å². The highest BCUT2D eigenvalue weighted by molar-refractivity contribution is 6.32. The van der Waals surface area contributed by atoms with Crippen LogP contribution in [0.15, 0.2) is 41.3 Å². The summed E-state index contributed by atoms with van der Waals surface area (Å²) in [6.45, 7) is 1.37. The van der Waals surface area contributed by atoms with Gasteiger partial charge in [0.1, 0.15) is 10.6 Å². The molecule has 10 heteroatoms. The lowest BCUT2D eigenvalue weighted by Gasteiger charge is -2.32. The van der Waals surface area contributed by atoms with E-state index in [-0.39, 0.29) is 39.2 Å². The Morgan fingerprint density at radius 3 is 2.63 bits per heavy atom. The summed E-state index contributed by atoms with van der Waals surface area (Å²) in [6, 6.07) is 7.11. The Bertz CT molecular complexity index is 1040. The predicted octanol–water partition coefficient (Wildman–Crippen LogP) is 2.23.